The van der Waals surface area contributed by atoms with Crippen LogP contribution in [0.4, 0.5) is 0 Å². The van der Waals surface area contributed by atoms with E-state index in [4.69, 9.17) is 0 Å². The van der Waals surface area contributed by atoms with Crippen LogP contribution in [0.1, 0.15) is 32.1 Å². The molecule has 138 valence electrons. The average molecular weight is 360 g/mol. The fourth-order valence-electron chi connectivity index (χ4n) is 3.65. The Morgan fingerprint density at radius 1 is 0.852 bits per heavy atom. The summed E-state index contributed by atoms with van der Waals surface area (Å²) in [6.07, 6.45) is 5.81. The van der Waals surface area contributed by atoms with Crippen LogP contribution in [-0.4, -0.2) is 26.9 Å². The van der Waals surface area contributed by atoms with Gasteiger partial charge in [0.25, 0.3) is 0 Å². The Labute approximate surface area is 159 Å². The van der Waals surface area contributed by atoms with Gasteiger partial charge in [-0.1, -0.05) is 79.9 Å². The summed E-state index contributed by atoms with van der Waals surface area (Å²) in [5.41, 5.74) is 3.59. The fourth-order valence-corrected chi connectivity index (χ4v) is 3.65. The molecule has 0 saturated heterocycles. The first kappa shape index (κ1) is 17.5. The second-order valence-corrected chi connectivity index (χ2v) is 7.06. The zero-order chi connectivity index (χ0) is 18.5. The minimum absolute atomic E-state index is 0.0175. The molecule has 1 fully saturated rings. The van der Waals surface area contributed by atoms with Gasteiger partial charge < -0.3 is 5.32 Å². The van der Waals surface area contributed by atoms with Crippen molar-refractivity contribution in [3.8, 4) is 22.5 Å². The van der Waals surface area contributed by atoms with Gasteiger partial charge in [-0.05, 0) is 12.8 Å². The third-order valence-corrected chi connectivity index (χ3v) is 5.00. The molecule has 0 spiro atoms. The molecule has 1 aliphatic rings. The van der Waals surface area contributed by atoms with E-state index in [-0.39, 0.29) is 12.5 Å². The topological polar surface area (TPSA) is 59.8 Å². The molecule has 5 nitrogen and oxygen atoms in total. The molecule has 0 radical (unpaired) electrons. The van der Waals surface area contributed by atoms with Gasteiger partial charge in [-0.15, -0.1) is 0 Å². The van der Waals surface area contributed by atoms with Crippen molar-refractivity contribution in [2.45, 2.75) is 44.7 Å². The molecule has 0 bridgehead atoms. The molecule has 0 aliphatic heterocycles. The first-order chi connectivity index (χ1) is 13.3. The molecular formula is C22H24N4O. The first-order valence-corrected chi connectivity index (χ1v) is 9.65. The molecule has 1 aliphatic carbocycles. The molecule has 3 aromatic rings. The second-order valence-electron chi connectivity index (χ2n) is 7.06. The lowest BCUT2D eigenvalue weighted by Crippen LogP contribution is -2.38. The monoisotopic (exact) mass is 360 g/mol. The number of nitrogens with one attached hydrogen (secondary N) is 1. The Morgan fingerprint density at radius 3 is 1.89 bits per heavy atom. The van der Waals surface area contributed by atoms with E-state index in [0.29, 0.717) is 6.04 Å². The van der Waals surface area contributed by atoms with Crippen LogP contribution in [0.2, 0.25) is 0 Å². The van der Waals surface area contributed by atoms with E-state index < -0.39 is 0 Å². The van der Waals surface area contributed by atoms with E-state index in [1.165, 1.54) is 24.1 Å². The van der Waals surface area contributed by atoms with E-state index in [0.717, 1.165) is 35.4 Å². The number of hydrogen-bond acceptors (Lipinski definition) is 3. The molecule has 5 heteroatoms. The Bertz CT molecular complexity index is 826. The summed E-state index contributed by atoms with van der Waals surface area (Å²) in [4.78, 5) is 14.0. The lowest BCUT2D eigenvalue weighted by atomic mass is 9.95. The zero-order valence-corrected chi connectivity index (χ0v) is 15.3. The molecule has 2 aromatic carbocycles. The van der Waals surface area contributed by atoms with Gasteiger partial charge in [0.1, 0.15) is 17.9 Å². The Morgan fingerprint density at radius 2 is 1.37 bits per heavy atom. The van der Waals surface area contributed by atoms with Crippen molar-refractivity contribution in [1.82, 2.24) is 20.3 Å². The van der Waals surface area contributed by atoms with Crippen LogP contribution in [0.5, 0.6) is 0 Å². The quantitative estimate of drug-likeness (QED) is 0.746. The third kappa shape index (κ3) is 4.25. The molecule has 1 heterocycles. The van der Waals surface area contributed by atoms with Crippen LogP contribution < -0.4 is 5.32 Å². The number of rotatable bonds is 5. The van der Waals surface area contributed by atoms with Crippen molar-refractivity contribution in [2.24, 2.45) is 0 Å². The Balaban J connectivity index is 1.58. The number of carbonyl (C=O) groups is 1. The van der Waals surface area contributed by atoms with Crippen molar-refractivity contribution >= 4 is 5.91 Å². The molecule has 0 atom stereocenters. The van der Waals surface area contributed by atoms with Gasteiger partial charge in [-0.2, -0.15) is 15.0 Å². The Kier molecular flexibility index (Phi) is 5.28. The third-order valence-electron chi connectivity index (χ3n) is 5.00. The second kappa shape index (κ2) is 8.16. The molecule has 0 unspecified atom stereocenters. The zero-order valence-electron chi connectivity index (χ0n) is 15.3. The highest BCUT2D eigenvalue weighted by atomic mass is 16.2. The van der Waals surface area contributed by atoms with Crippen LogP contribution in [0.3, 0.4) is 0 Å². The SMILES string of the molecule is O=C(Cn1nc(-c2ccccc2)c(-c2ccccc2)n1)NC1CCCCC1. The molecule has 1 N–H and O–H groups in total. The maximum atomic E-state index is 12.5. The summed E-state index contributed by atoms with van der Waals surface area (Å²) < 4.78 is 0. The lowest BCUT2D eigenvalue weighted by Gasteiger charge is -2.22. The van der Waals surface area contributed by atoms with Crippen molar-refractivity contribution in [2.75, 3.05) is 0 Å². The highest BCUT2D eigenvalue weighted by Gasteiger charge is 2.19. The van der Waals surface area contributed by atoms with Gasteiger partial charge in [0, 0.05) is 17.2 Å². The molecule has 1 saturated carbocycles. The summed E-state index contributed by atoms with van der Waals surface area (Å²) >= 11 is 0. The van der Waals surface area contributed by atoms with Crippen molar-refractivity contribution in [1.29, 1.82) is 0 Å². The number of hydrogen-bond donors (Lipinski definition) is 1. The van der Waals surface area contributed by atoms with Crippen LogP contribution in [0.15, 0.2) is 60.7 Å². The van der Waals surface area contributed by atoms with E-state index in [9.17, 15) is 4.79 Å². The maximum absolute atomic E-state index is 12.5. The van der Waals surface area contributed by atoms with Gasteiger partial charge >= 0.3 is 0 Å². The molecular weight excluding hydrogens is 336 g/mol. The van der Waals surface area contributed by atoms with E-state index in [1.54, 1.807) is 0 Å². The van der Waals surface area contributed by atoms with E-state index in [2.05, 4.69) is 15.5 Å². The Hall–Kier alpha value is -2.95. The van der Waals surface area contributed by atoms with Crippen molar-refractivity contribution in [3.05, 3.63) is 60.7 Å². The van der Waals surface area contributed by atoms with Gasteiger partial charge in [0.05, 0.1) is 0 Å². The van der Waals surface area contributed by atoms with Gasteiger partial charge in [-0.3, -0.25) is 4.79 Å². The van der Waals surface area contributed by atoms with Crippen LogP contribution >= 0.6 is 0 Å². The number of benzene rings is 2. The molecule has 27 heavy (non-hydrogen) atoms. The number of amides is 1. The number of nitrogens with zero attached hydrogens (tertiary/aromatic N) is 3. The van der Waals surface area contributed by atoms with Crippen LogP contribution in [0.25, 0.3) is 22.5 Å². The first-order valence-electron chi connectivity index (χ1n) is 9.65. The molecule has 4 rings (SSSR count). The van der Waals surface area contributed by atoms with Crippen molar-refractivity contribution < 1.29 is 4.79 Å². The lowest BCUT2D eigenvalue weighted by molar-refractivity contribution is -0.123. The summed E-state index contributed by atoms with van der Waals surface area (Å²) in [7, 11) is 0. The van der Waals surface area contributed by atoms with Crippen LogP contribution in [-0.2, 0) is 11.3 Å². The minimum Gasteiger partial charge on any atom is -0.352 e. The smallest absolute Gasteiger partial charge is 0.243 e. The standard InChI is InChI=1S/C22H24N4O/c27-20(23-19-14-8-3-9-15-19)16-26-24-21(17-10-4-1-5-11-17)22(25-26)18-12-6-2-7-13-18/h1-2,4-7,10-13,19H,3,8-9,14-16H2,(H,23,27). The highest BCUT2D eigenvalue weighted by molar-refractivity contribution is 5.78. The van der Waals surface area contributed by atoms with Crippen molar-refractivity contribution in [3.63, 3.8) is 0 Å². The van der Waals surface area contributed by atoms with Crippen LogP contribution in [0, 0.1) is 0 Å². The average Bonchev–Trinajstić information content (AvgIpc) is 3.14. The number of carbonyl (C=O) groups excluding carboxylic acids is 1. The summed E-state index contributed by atoms with van der Waals surface area (Å²) in [6.45, 7) is 0.142. The highest BCUT2D eigenvalue weighted by Crippen LogP contribution is 2.28. The van der Waals surface area contributed by atoms with Gasteiger partial charge in [0.15, 0.2) is 0 Å². The van der Waals surface area contributed by atoms with E-state index >= 15 is 0 Å². The number of aromatic nitrogens is 3. The summed E-state index contributed by atoms with van der Waals surface area (Å²) in [6, 6.07) is 20.3. The predicted molar refractivity (Wildman–Crippen MR) is 106 cm³/mol. The normalized spacial score (nSPS) is 14.8. The molecule has 1 amide bonds. The predicted octanol–water partition coefficient (Wildman–Crippen LogP) is 4.06. The minimum atomic E-state index is -0.0175. The largest absolute Gasteiger partial charge is 0.352 e. The van der Waals surface area contributed by atoms with Gasteiger partial charge in [-0.25, -0.2) is 0 Å². The summed E-state index contributed by atoms with van der Waals surface area (Å²) in [5.74, 6) is -0.0175. The van der Waals surface area contributed by atoms with E-state index in [1.807, 2.05) is 60.7 Å². The summed E-state index contributed by atoms with van der Waals surface area (Å²) in [5, 5.41) is 12.4. The molecule has 1 aromatic heterocycles. The fraction of sp³-hybridized carbons (Fsp3) is 0.318. The maximum Gasteiger partial charge on any atom is 0.243 e. The van der Waals surface area contributed by atoms with Gasteiger partial charge in [0.2, 0.25) is 5.91 Å².